The third-order valence-electron chi connectivity index (χ3n) is 7.06. The van der Waals surface area contributed by atoms with E-state index in [9.17, 15) is 0 Å². The van der Waals surface area contributed by atoms with E-state index in [2.05, 4.69) is 39.5 Å². The smallest absolute Gasteiger partial charge is 0.0153 e. The van der Waals surface area contributed by atoms with E-state index in [0.717, 1.165) is 0 Å². The Kier molecular flexibility index (Phi) is 22.1. The second-order valence-corrected chi connectivity index (χ2v) is 10.6. The molecule has 0 aliphatic heterocycles. The molecule has 1 nitrogen and oxygen atoms in total. The van der Waals surface area contributed by atoms with Gasteiger partial charge in [-0.3, -0.25) is 4.90 Å². The van der Waals surface area contributed by atoms with Gasteiger partial charge >= 0.3 is 0 Å². The van der Waals surface area contributed by atoms with E-state index in [1.54, 1.807) is 0 Å². The number of hydrogen-bond donors (Lipinski definition) is 0. The van der Waals surface area contributed by atoms with E-state index in [1.165, 1.54) is 148 Å². The van der Waals surface area contributed by atoms with E-state index in [1.807, 2.05) is 0 Å². The lowest BCUT2D eigenvalue weighted by atomic mass is 9.93. The van der Waals surface area contributed by atoms with Crippen molar-refractivity contribution in [2.75, 3.05) is 13.1 Å². The fraction of sp³-hybridized carbons (Fsp3) is 1.00. The van der Waals surface area contributed by atoms with Gasteiger partial charge < -0.3 is 0 Å². The molecule has 0 aromatic rings. The largest absolute Gasteiger partial charge is 0.298 e. The SMILES string of the molecule is CCCCCCCCCCCCC(C)(C)N(CCCCCCC)CCCCCCC. The van der Waals surface area contributed by atoms with Gasteiger partial charge in [0.2, 0.25) is 0 Å². The molecule has 0 aliphatic rings. The first-order valence-electron chi connectivity index (χ1n) is 14.3. The van der Waals surface area contributed by atoms with Gasteiger partial charge in [0, 0.05) is 5.54 Å². The molecule has 0 atom stereocenters. The Morgan fingerprint density at radius 1 is 0.400 bits per heavy atom. The maximum absolute atomic E-state index is 2.86. The van der Waals surface area contributed by atoms with Crippen LogP contribution in [0.2, 0.25) is 0 Å². The van der Waals surface area contributed by atoms with Crippen LogP contribution >= 0.6 is 0 Å². The summed E-state index contributed by atoms with van der Waals surface area (Å²) in [4.78, 5) is 2.86. The minimum atomic E-state index is 0.385. The number of hydrogen-bond acceptors (Lipinski definition) is 1. The molecule has 1 heteroatoms. The van der Waals surface area contributed by atoms with Gasteiger partial charge in [0.15, 0.2) is 0 Å². The average Bonchev–Trinajstić information content (AvgIpc) is 2.73. The first-order valence-corrected chi connectivity index (χ1v) is 14.3. The molecule has 0 fully saturated rings. The van der Waals surface area contributed by atoms with Crippen molar-refractivity contribution in [3.05, 3.63) is 0 Å². The lowest BCUT2D eigenvalue weighted by Gasteiger charge is -2.39. The average molecular weight is 424 g/mol. The molecule has 0 saturated carbocycles. The third-order valence-corrected chi connectivity index (χ3v) is 7.06. The topological polar surface area (TPSA) is 3.24 Å². The van der Waals surface area contributed by atoms with Crippen molar-refractivity contribution < 1.29 is 0 Å². The Bertz CT molecular complexity index is 308. The third kappa shape index (κ3) is 18.7. The molecule has 30 heavy (non-hydrogen) atoms. The highest BCUT2D eigenvalue weighted by Crippen LogP contribution is 2.24. The first-order chi connectivity index (χ1) is 14.6. The van der Waals surface area contributed by atoms with Gasteiger partial charge in [-0.15, -0.1) is 0 Å². The Morgan fingerprint density at radius 2 is 0.700 bits per heavy atom. The van der Waals surface area contributed by atoms with Crippen molar-refractivity contribution in [2.24, 2.45) is 0 Å². The fourth-order valence-electron chi connectivity index (χ4n) is 4.73. The van der Waals surface area contributed by atoms with Crippen molar-refractivity contribution >= 4 is 0 Å². The minimum absolute atomic E-state index is 0.385. The summed E-state index contributed by atoms with van der Waals surface area (Å²) in [7, 11) is 0. The van der Waals surface area contributed by atoms with Gasteiger partial charge in [0.05, 0.1) is 0 Å². The minimum Gasteiger partial charge on any atom is -0.298 e. The van der Waals surface area contributed by atoms with Crippen molar-refractivity contribution in [3.63, 3.8) is 0 Å². The Morgan fingerprint density at radius 3 is 1.07 bits per heavy atom. The molecule has 0 heterocycles. The van der Waals surface area contributed by atoms with E-state index >= 15 is 0 Å². The van der Waals surface area contributed by atoms with Crippen LogP contribution in [-0.4, -0.2) is 23.5 Å². The van der Waals surface area contributed by atoms with Crippen LogP contribution in [0.5, 0.6) is 0 Å². The van der Waals surface area contributed by atoms with Crippen LogP contribution in [-0.2, 0) is 0 Å². The van der Waals surface area contributed by atoms with Crippen LogP contribution in [0.4, 0.5) is 0 Å². The zero-order valence-corrected chi connectivity index (χ0v) is 22.2. The highest BCUT2D eigenvalue weighted by Gasteiger charge is 2.25. The summed E-state index contributed by atoms with van der Waals surface area (Å²) in [5.41, 5.74) is 0.385. The molecule has 0 N–H and O–H groups in total. The van der Waals surface area contributed by atoms with E-state index in [4.69, 9.17) is 0 Å². The molecule has 0 unspecified atom stereocenters. The summed E-state index contributed by atoms with van der Waals surface area (Å²) < 4.78 is 0. The summed E-state index contributed by atoms with van der Waals surface area (Å²) in [6.07, 6.45) is 29.9. The quantitative estimate of drug-likeness (QED) is 0.139. The zero-order valence-electron chi connectivity index (χ0n) is 22.2. The molecular formula is C29H61N. The molecule has 0 rings (SSSR count). The second kappa shape index (κ2) is 22.2. The molecule has 0 spiro atoms. The van der Waals surface area contributed by atoms with Gasteiger partial charge in [-0.05, 0) is 46.2 Å². The maximum Gasteiger partial charge on any atom is 0.0153 e. The number of unbranched alkanes of at least 4 members (excludes halogenated alkanes) is 17. The Labute approximate surface area is 193 Å². The standard InChI is InChI=1S/C29H61N/c1-6-9-12-15-16-17-18-19-20-23-26-29(4,5)30(27-24-21-13-10-7-2)28-25-22-14-11-8-3/h6-28H2,1-5H3. The Balaban J connectivity index is 4.09. The van der Waals surface area contributed by atoms with Gasteiger partial charge in [-0.25, -0.2) is 0 Å². The highest BCUT2D eigenvalue weighted by atomic mass is 15.2. The fourth-order valence-corrected chi connectivity index (χ4v) is 4.73. The number of nitrogens with zero attached hydrogens (tertiary/aromatic N) is 1. The van der Waals surface area contributed by atoms with Crippen LogP contribution in [0.1, 0.15) is 169 Å². The van der Waals surface area contributed by atoms with Gasteiger partial charge in [-0.2, -0.15) is 0 Å². The molecule has 0 aliphatic carbocycles. The molecule has 0 radical (unpaired) electrons. The van der Waals surface area contributed by atoms with Gasteiger partial charge in [0.25, 0.3) is 0 Å². The lowest BCUT2D eigenvalue weighted by molar-refractivity contribution is 0.102. The summed E-state index contributed by atoms with van der Waals surface area (Å²) in [6, 6.07) is 0. The normalized spacial score (nSPS) is 12.2. The first kappa shape index (κ1) is 30.0. The van der Waals surface area contributed by atoms with Crippen molar-refractivity contribution in [1.82, 2.24) is 4.90 Å². The van der Waals surface area contributed by atoms with Crippen LogP contribution in [0.15, 0.2) is 0 Å². The van der Waals surface area contributed by atoms with Crippen LogP contribution < -0.4 is 0 Å². The van der Waals surface area contributed by atoms with Crippen LogP contribution in [0.25, 0.3) is 0 Å². The molecule has 0 aromatic carbocycles. The number of rotatable bonds is 24. The second-order valence-electron chi connectivity index (χ2n) is 10.6. The molecule has 182 valence electrons. The van der Waals surface area contributed by atoms with Crippen LogP contribution in [0.3, 0.4) is 0 Å². The molecular weight excluding hydrogens is 362 g/mol. The predicted molar refractivity (Wildman–Crippen MR) is 140 cm³/mol. The summed E-state index contributed by atoms with van der Waals surface area (Å²) in [6.45, 7) is 14.6. The van der Waals surface area contributed by atoms with Gasteiger partial charge in [0.1, 0.15) is 0 Å². The van der Waals surface area contributed by atoms with E-state index in [-0.39, 0.29) is 0 Å². The Hall–Kier alpha value is -0.0400. The van der Waals surface area contributed by atoms with E-state index in [0.29, 0.717) is 5.54 Å². The predicted octanol–water partition coefficient (Wildman–Crippen LogP) is 10.3. The summed E-state index contributed by atoms with van der Waals surface area (Å²) in [5.74, 6) is 0. The monoisotopic (exact) mass is 423 g/mol. The molecule has 0 aromatic heterocycles. The van der Waals surface area contributed by atoms with Gasteiger partial charge in [-0.1, -0.05) is 136 Å². The van der Waals surface area contributed by atoms with Crippen molar-refractivity contribution in [1.29, 1.82) is 0 Å². The molecule has 0 saturated heterocycles. The van der Waals surface area contributed by atoms with Crippen molar-refractivity contribution in [2.45, 2.75) is 175 Å². The summed E-state index contributed by atoms with van der Waals surface area (Å²) in [5, 5.41) is 0. The van der Waals surface area contributed by atoms with E-state index < -0.39 is 0 Å². The highest BCUT2D eigenvalue weighted by molar-refractivity contribution is 4.81. The maximum atomic E-state index is 2.86. The molecule has 0 bridgehead atoms. The lowest BCUT2D eigenvalue weighted by Crippen LogP contribution is -2.45. The van der Waals surface area contributed by atoms with Crippen molar-refractivity contribution in [3.8, 4) is 0 Å². The molecule has 0 amide bonds. The van der Waals surface area contributed by atoms with Crippen LogP contribution in [0, 0.1) is 0 Å². The summed E-state index contributed by atoms with van der Waals surface area (Å²) >= 11 is 0. The zero-order chi connectivity index (χ0) is 22.3.